The smallest absolute Gasteiger partial charge is 0.328 e. The molecule has 1 aromatic rings. The summed E-state index contributed by atoms with van der Waals surface area (Å²) in [5.74, 6) is -1.15. The van der Waals surface area contributed by atoms with E-state index in [2.05, 4.69) is 16.0 Å². The molecule has 2 amide bonds. The Morgan fingerprint density at radius 2 is 1.53 bits per heavy atom. The maximum atomic E-state index is 13.1. The number of methoxy groups -OCH3 is 1. The minimum atomic E-state index is -0.823. The molecule has 3 atom stereocenters. The highest BCUT2D eigenvalue weighted by Crippen LogP contribution is 2.24. The Bertz CT molecular complexity index is 792. The van der Waals surface area contributed by atoms with Crippen LogP contribution in [-0.4, -0.2) is 43.0 Å². The predicted molar refractivity (Wildman–Crippen MR) is 116 cm³/mol. The molecule has 0 saturated heterocycles. The van der Waals surface area contributed by atoms with Crippen LogP contribution in [0.15, 0.2) is 24.3 Å². The Labute approximate surface area is 179 Å². The van der Waals surface area contributed by atoms with Gasteiger partial charge in [0.2, 0.25) is 11.8 Å². The monoisotopic (exact) mass is 417 g/mol. The molecular weight excluding hydrogens is 382 g/mol. The summed E-state index contributed by atoms with van der Waals surface area (Å²) < 4.78 is 4.86. The molecule has 1 aromatic carbocycles. The second-order valence-electron chi connectivity index (χ2n) is 10.0. The van der Waals surface area contributed by atoms with Gasteiger partial charge >= 0.3 is 5.97 Å². The number of hydrogen-bond donors (Lipinski definition) is 3. The first-order chi connectivity index (χ1) is 13.8. The first-order valence-corrected chi connectivity index (χ1v) is 10.3. The van der Waals surface area contributed by atoms with E-state index < -0.39 is 40.8 Å². The number of nitrogens with one attached hydrogen (secondary N) is 3. The van der Waals surface area contributed by atoms with Crippen LogP contribution in [0.4, 0.5) is 0 Å². The molecule has 0 bridgehead atoms. The number of carbonyl (C=O) groups is 3. The molecule has 7 nitrogen and oxygen atoms in total. The fraction of sp³-hybridized carbons (Fsp3) is 0.609. The molecule has 7 heteroatoms. The minimum Gasteiger partial charge on any atom is -0.467 e. The van der Waals surface area contributed by atoms with Crippen molar-refractivity contribution < 1.29 is 19.1 Å². The fourth-order valence-corrected chi connectivity index (χ4v) is 3.53. The van der Waals surface area contributed by atoms with Crippen molar-refractivity contribution >= 4 is 17.8 Å². The van der Waals surface area contributed by atoms with Gasteiger partial charge in [-0.1, -0.05) is 65.8 Å². The summed E-state index contributed by atoms with van der Waals surface area (Å²) >= 11 is 0. The SMILES string of the molecule is COC(=O)[C@@H](NC(=O)[C@@H](NC(=O)[C@@H]1Cc2ccccc2CN1)C(C)(C)C)C(C)(C)C. The van der Waals surface area contributed by atoms with Crippen LogP contribution in [0.5, 0.6) is 0 Å². The van der Waals surface area contributed by atoms with E-state index >= 15 is 0 Å². The summed E-state index contributed by atoms with van der Waals surface area (Å²) in [7, 11) is 1.29. The molecule has 1 aliphatic heterocycles. The molecule has 0 aliphatic carbocycles. The number of hydrogen-bond acceptors (Lipinski definition) is 5. The zero-order valence-corrected chi connectivity index (χ0v) is 19.1. The van der Waals surface area contributed by atoms with Crippen LogP contribution in [0.25, 0.3) is 0 Å². The highest BCUT2D eigenvalue weighted by molar-refractivity contribution is 5.93. The highest BCUT2D eigenvalue weighted by atomic mass is 16.5. The van der Waals surface area contributed by atoms with Gasteiger partial charge in [0.15, 0.2) is 0 Å². The van der Waals surface area contributed by atoms with E-state index in [0.29, 0.717) is 13.0 Å². The van der Waals surface area contributed by atoms with Gasteiger partial charge in [0.05, 0.1) is 13.2 Å². The normalized spacial score (nSPS) is 18.6. The van der Waals surface area contributed by atoms with Crippen LogP contribution in [0, 0.1) is 10.8 Å². The Morgan fingerprint density at radius 3 is 2.07 bits per heavy atom. The molecule has 2 rings (SSSR count). The first kappa shape index (κ1) is 23.9. The van der Waals surface area contributed by atoms with Crippen molar-refractivity contribution in [2.75, 3.05) is 7.11 Å². The molecule has 0 saturated carbocycles. The summed E-state index contributed by atoms with van der Waals surface area (Å²) in [6, 6.07) is 5.96. The van der Waals surface area contributed by atoms with Gasteiger partial charge in [-0.25, -0.2) is 4.79 Å². The number of carbonyl (C=O) groups excluding carboxylic acids is 3. The second-order valence-corrected chi connectivity index (χ2v) is 10.0. The van der Waals surface area contributed by atoms with Gasteiger partial charge in [-0.2, -0.15) is 0 Å². The van der Waals surface area contributed by atoms with Gasteiger partial charge in [0, 0.05) is 6.54 Å². The summed E-state index contributed by atoms with van der Waals surface area (Å²) in [6.45, 7) is 11.8. The number of esters is 1. The van der Waals surface area contributed by atoms with Gasteiger partial charge in [-0.15, -0.1) is 0 Å². The fourth-order valence-electron chi connectivity index (χ4n) is 3.53. The number of fused-ring (bicyclic) bond motifs is 1. The van der Waals surface area contributed by atoms with Crippen molar-refractivity contribution in [2.45, 2.75) is 72.6 Å². The van der Waals surface area contributed by atoms with Crippen LogP contribution >= 0.6 is 0 Å². The molecule has 30 heavy (non-hydrogen) atoms. The second kappa shape index (κ2) is 9.16. The lowest BCUT2D eigenvalue weighted by molar-refractivity contribution is -0.149. The van der Waals surface area contributed by atoms with Gasteiger partial charge in [0.1, 0.15) is 12.1 Å². The van der Waals surface area contributed by atoms with Gasteiger partial charge in [-0.05, 0) is 28.4 Å². The van der Waals surface area contributed by atoms with E-state index in [1.54, 1.807) is 0 Å². The van der Waals surface area contributed by atoms with Crippen LogP contribution in [0.3, 0.4) is 0 Å². The maximum Gasteiger partial charge on any atom is 0.328 e. The molecule has 0 unspecified atom stereocenters. The largest absolute Gasteiger partial charge is 0.467 e. The Balaban J connectivity index is 2.15. The van der Waals surface area contributed by atoms with Crippen molar-refractivity contribution in [3.63, 3.8) is 0 Å². The average Bonchev–Trinajstić information content (AvgIpc) is 2.67. The molecular formula is C23H35N3O4. The minimum absolute atomic E-state index is 0.232. The van der Waals surface area contributed by atoms with E-state index in [4.69, 9.17) is 4.74 Å². The zero-order valence-electron chi connectivity index (χ0n) is 19.1. The molecule has 166 valence electrons. The molecule has 3 N–H and O–H groups in total. The number of amides is 2. The molecule has 0 radical (unpaired) electrons. The van der Waals surface area contributed by atoms with Gasteiger partial charge in [-0.3, -0.25) is 9.59 Å². The lowest BCUT2D eigenvalue weighted by atomic mass is 9.83. The summed E-state index contributed by atoms with van der Waals surface area (Å²) in [5, 5.41) is 8.94. The number of ether oxygens (including phenoxy) is 1. The van der Waals surface area contributed by atoms with Gasteiger partial charge in [0.25, 0.3) is 0 Å². The topological polar surface area (TPSA) is 96.5 Å². The predicted octanol–water partition coefficient (Wildman–Crippen LogP) is 1.94. The third kappa shape index (κ3) is 5.81. The number of rotatable bonds is 5. The quantitative estimate of drug-likeness (QED) is 0.636. The van der Waals surface area contributed by atoms with Crippen LogP contribution < -0.4 is 16.0 Å². The van der Waals surface area contributed by atoms with Crippen LogP contribution in [0.1, 0.15) is 52.7 Å². The average molecular weight is 418 g/mol. The molecule has 1 aliphatic rings. The molecule has 1 heterocycles. The lowest BCUT2D eigenvalue weighted by Crippen LogP contribution is -2.61. The van der Waals surface area contributed by atoms with E-state index in [9.17, 15) is 14.4 Å². The van der Waals surface area contributed by atoms with Crippen molar-refractivity contribution in [1.29, 1.82) is 0 Å². The summed E-state index contributed by atoms with van der Waals surface area (Å²) in [4.78, 5) is 38.3. The van der Waals surface area contributed by atoms with E-state index in [0.717, 1.165) is 5.56 Å². The standard InChI is InChI=1S/C23H35N3O4/c1-22(2,3)17(20(28)26-18(21(29)30-7)23(4,5)6)25-19(27)16-12-14-10-8-9-11-15(14)13-24-16/h8-11,16-18,24H,12-13H2,1-7H3,(H,25,27)(H,26,28)/t16-,17+,18+/m0/s1. The van der Waals surface area contributed by atoms with Crippen LogP contribution in [-0.2, 0) is 32.1 Å². The molecule has 0 spiro atoms. The summed E-state index contributed by atoms with van der Waals surface area (Å²) in [6.07, 6.45) is 0.563. The van der Waals surface area contributed by atoms with E-state index in [1.807, 2.05) is 65.8 Å². The van der Waals surface area contributed by atoms with E-state index in [-0.39, 0.29) is 5.91 Å². The highest BCUT2D eigenvalue weighted by Gasteiger charge is 2.40. The van der Waals surface area contributed by atoms with Crippen molar-refractivity contribution in [1.82, 2.24) is 16.0 Å². The van der Waals surface area contributed by atoms with Crippen LogP contribution in [0.2, 0.25) is 0 Å². The third-order valence-corrected chi connectivity index (χ3v) is 5.40. The molecule has 0 fully saturated rings. The lowest BCUT2D eigenvalue weighted by Gasteiger charge is -2.36. The van der Waals surface area contributed by atoms with Gasteiger partial charge < -0.3 is 20.7 Å². The number of benzene rings is 1. The Hall–Kier alpha value is -2.41. The Morgan fingerprint density at radius 1 is 0.967 bits per heavy atom. The summed E-state index contributed by atoms with van der Waals surface area (Å²) in [5.41, 5.74) is 1.22. The van der Waals surface area contributed by atoms with Crippen molar-refractivity contribution in [2.24, 2.45) is 10.8 Å². The van der Waals surface area contributed by atoms with Crippen molar-refractivity contribution in [3.8, 4) is 0 Å². The van der Waals surface area contributed by atoms with E-state index in [1.165, 1.54) is 12.7 Å². The molecule has 0 aromatic heterocycles. The maximum absolute atomic E-state index is 13.1. The zero-order chi connectivity index (χ0) is 22.7. The first-order valence-electron chi connectivity index (χ1n) is 10.3. The Kier molecular flexibility index (Phi) is 7.29. The van der Waals surface area contributed by atoms with Crippen molar-refractivity contribution in [3.05, 3.63) is 35.4 Å². The third-order valence-electron chi connectivity index (χ3n) is 5.40.